The van der Waals surface area contributed by atoms with Crippen LogP contribution >= 0.6 is 34.8 Å². The minimum atomic E-state index is -0.0732. The smallest absolute Gasteiger partial charge is 0.242 e. The molecule has 2 unspecified atom stereocenters. The highest BCUT2D eigenvalue weighted by Gasteiger charge is 2.43. The number of carbonyl (C=O) groups is 1. The van der Waals surface area contributed by atoms with Crippen LogP contribution in [0.4, 0.5) is 5.69 Å². The second-order valence-corrected chi connectivity index (χ2v) is 6.47. The number of rotatable bonds is 4. The van der Waals surface area contributed by atoms with Gasteiger partial charge in [-0.1, -0.05) is 65.1 Å². The number of hydrogen-bond acceptors (Lipinski definition) is 2. The summed E-state index contributed by atoms with van der Waals surface area (Å²) >= 11 is 18.0. The van der Waals surface area contributed by atoms with Gasteiger partial charge < -0.3 is 0 Å². The monoisotopic (exact) mass is 354 g/mol. The first-order chi connectivity index (χ1) is 10.6. The van der Waals surface area contributed by atoms with Crippen molar-refractivity contribution in [1.82, 2.24) is 5.43 Å². The summed E-state index contributed by atoms with van der Waals surface area (Å²) in [6.45, 7) is 0. The van der Waals surface area contributed by atoms with Crippen LogP contribution in [0.2, 0.25) is 15.1 Å². The quantitative estimate of drug-likeness (QED) is 0.766. The number of nitrogens with one attached hydrogen (secondary N) is 2. The van der Waals surface area contributed by atoms with Crippen molar-refractivity contribution in [3.05, 3.63) is 63.1 Å². The molecule has 2 atom stereocenters. The van der Waals surface area contributed by atoms with E-state index in [2.05, 4.69) is 10.9 Å². The minimum absolute atomic E-state index is 0.0280. The number of amides is 1. The Labute approximate surface area is 143 Å². The van der Waals surface area contributed by atoms with Crippen LogP contribution in [-0.2, 0) is 4.79 Å². The van der Waals surface area contributed by atoms with Crippen LogP contribution in [0.5, 0.6) is 0 Å². The second-order valence-electron chi connectivity index (χ2n) is 5.22. The number of hydrogen-bond donors (Lipinski definition) is 2. The molecule has 114 valence electrons. The Bertz CT molecular complexity index is 683. The Balaban J connectivity index is 1.60. The molecule has 2 N–H and O–H groups in total. The third kappa shape index (κ3) is 3.32. The zero-order valence-corrected chi connectivity index (χ0v) is 13.7. The van der Waals surface area contributed by atoms with Crippen LogP contribution in [0.25, 0.3) is 0 Å². The van der Waals surface area contributed by atoms with Crippen molar-refractivity contribution in [1.29, 1.82) is 0 Å². The summed E-state index contributed by atoms with van der Waals surface area (Å²) in [6, 6.07) is 13.1. The molecule has 1 amide bonds. The topological polar surface area (TPSA) is 41.1 Å². The summed E-state index contributed by atoms with van der Waals surface area (Å²) in [7, 11) is 0. The van der Waals surface area contributed by atoms with E-state index in [1.165, 1.54) is 5.56 Å². The molecule has 1 aliphatic rings. The summed E-state index contributed by atoms with van der Waals surface area (Å²) in [5.41, 5.74) is 7.07. The maximum atomic E-state index is 12.2. The van der Waals surface area contributed by atoms with E-state index in [-0.39, 0.29) is 17.7 Å². The molecule has 1 saturated carbocycles. The van der Waals surface area contributed by atoms with Gasteiger partial charge in [0.25, 0.3) is 0 Å². The lowest BCUT2D eigenvalue weighted by atomic mass is 10.1. The van der Waals surface area contributed by atoms with Crippen molar-refractivity contribution in [3.8, 4) is 0 Å². The normalized spacial score (nSPS) is 19.6. The molecule has 0 heterocycles. The van der Waals surface area contributed by atoms with Gasteiger partial charge in [0.15, 0.2) is 0 Å². The van der Waals surface area contributed by atoms with Gasteiger partial charge in [0.05, 0.1) is 15.7 Å². The fraction of sp³-hybridized carbons (Fsp3) is 0.188. The summed E-state index contributed by atoms with van der Waals surface area (Å²) < 4.78 is 0. The second kappa shape index (κ2) is 6.37. The molecule has 1 aliphatic carbocycles. The van der Waals surface area contributed by atoms with Gasteiger partial charge >= 0.3 is 0 Å². The largest absolute Gasteiger partial charge is 0.296 e. The van der Waals surface area contributed by atoms with Gasteiger partial charge in [-0.05, 0) is 30.0 Å². The highest BCUT2D eigenvalue weighted by atomic mass is 35.5. The number of benzene rings is 2. The number of hydrazine groups is 1. The maximum absolute atomic E-state index is 12.2. The summed E-state index contributed by atoms with van der Waals surface area (Å²) in [5.74, 6) is 0.176. The molecular formula is C16H13Cl3N2O. The molecule has 0 radical (unpaired) electrons. The average molecular weight is 356 g/mol. The van der Waals surface area contributed by atoms with E-state index in [0.717, 1.165) is 6.42 Å². The molecule has 0 bridgehead atoms. The van der Waals surface area contributed by atoms with E-state index in [9.17, 15) is 4.79 Å². The molecule has 2 aromatic carbocycles. The zero-order chi connectivity index (χ0) is 15.7. The summed E-state index contributed by atoms with van der Waals surface area (Å²) in [6.07, 6.45) is 0.847. The Kier molecular flexibility index (Phi) is 4.48. The first kappa shape index (κ1) is 15.5. The van der Waals surface area contributed by atoms with Crippen molar-refractivity contribution >= 4 is 46.4 Å². The highest BCUT2D eigenvalue weighted by molar-refractivity contribution is 6.41. The fourth-order valence-electron chi connectivity index (χ4n) is 2.43. The van der Waals surface area contributed by atoms with Gasteiger partial charge in [-0.3, -0.25) is 15.6 Å². The fourth-order valence-corrected chi connectivity index (χ4v) is 3.34. The predicted octanol–water partition coefficient (Wildman–Crippen LogP) is 4.89. The van der Waals surface area contributed by atoms with Gasteiger partial charge in [-0.25, -0.2) is 0 Å². The van der Waals surface area contributed by atoms with Crippen molar-refractivity contribution < 1.29 is 4.79 Å². The number of anilines is 1. The van der Waals surface area contributed by atoms with Gasteiger partial charge in [0, 0.05) is 10.9 Å². The Morgan fingerprint density at radius 2 is 1.68 bits per heavy atom. The summed E-state index contributed by atoms with van der Waals surface area (Å²) in [5, 5.41) is 1.15. The van der Waals surface area contributed by atoms with E-state index in [0.29, 0.717) is 20.8 Å². The Morgan fingerprint density at radius 3 is 2.32 bits per heavy atom. The van der Waals surface area contributed by atoms with E-state index >= 15 is 0 Å². The molecule has 0 spiro atoms. The summed E-state index contributed by atoms with van der Waals surface area (Å²) in [4.78, 5) is 12.2. The molecule has 22 heavy (non-hydrogen) atoms. The maximum Gasteiger partial charge on any atom is 0.242 e. The van der Waals surface area contributed by atoms with Gasteiger partial charge in [0.2, 0.25) is 5.91 Å². The van der Waals surface area contributed by atoms with Crippen molar-refractivity contribution in [2.75, 3.05) is 5.43 Å². The van der Waals surface area contributed by atoms with E-state index in [4.69, 9.17) is 34.8 Å². The van der Waals surface area contributed by atoms with Crippen molar-refractivity contribution in [2.24, 2.45) is 5.92 Å². The zero-order valence-electron chi connectivity index (χ0n) is 11.4. The molecular weight excluding hydrogens is 343 g/mol. The lowest BCUT2D eigenvalue weighted by molar-refractivity contribution is -0.121. The van der Waals surface area contributed by atoms with Gasteiger partial charge in [0.1, 0.15) is 0 Å². The predicted molar refractivity (Wildman–Crippen MR) is 90.5 cm³/mol. The molecule has 0 saturated heterocycles. The van der Waals surface area contributed by atoms with Gasteiger partial charge in [-0.15, -0.1) is 0 Å². The van der Waals surface area contributed by atoms with E-state index in [1.54, 1.807) is 12.1 Å². The molecule has 0 aliphatic heterocycles. The SMILES string of the molecule is O=C(NNc1c(Cl)cc(Cl)cc1Cl)C1CC1c1ccccc1. The van der Waals surface area contributed by atoms with Crippen LogP contribution in [-0.4, -0.2) is 5.91 Å². The van der Waals surface area contributed by atoms with Crippen LogP contribution in [0.3, 0.4) is 0 Å². The standard InChI is InChI=1S/C16H13Cl3N2O/c17-10-6-13(18)15(14(19)7-10)20-21-16(22)12-8-11(12)9-4-2-1-3-5-9/h1-7,11-12,20H,8H2,(H,21,22). The molecule has 3 rings (SSSR count). The first-order valence-electron chi connectivity index (χ1n) is 6.81. The number of halogens is 3. The lowest BCUT2D eigenvalue weighted by Crippen LogP contribution is -2.31. The van der Waals surface area contributed by atoms with E-state index in [1.807, 2.05) is 30.3 Å². The van der Waals surface area contributed by atoms with Crippen LogP contribution < -0.4 is 10.9 Å². The third-order valence-electron chi connectivity index (χ3n) is 3.67. The van der Waals surface area contributed by atoms with Crippen molar-refractivity contribution in [2.45, 2.75) is 12.3 Å². The van der Waals surface area contributed by atoms with Crippen molar-refractivity contribution in [3.63, 3.8) is 0 Å². The molecule has 6 heteroatoms. The average Bonchev–Trinajstić information content (AvgIpc) is 3.27. The lowest BCUT2D eigenvalue weighted by Gasteiger charge is -2.12. The van der Waals surface area contributed by atoms with E-state index < -0.39 is 0 Å². The van der Waals surface area contributed by atoms with Crippen LogP contribution in [0, 0.1) is 5.92 Å². The highest BCUT2D eigenvalue weighted by Crippen LogP contribution is 2.47. The Hall–Kier alpha value is -1.42. The van der Waals surface area contributed by atoms with Gasteiger partial charge in [-0.2, -0.15) is 0 Å². The third-order valence-corrected chi connectivity index (χ3v) is 4.49. The number of carbonyl (C=O) groups excluding carboxylic acids is 1. The molecule has 3 nitrogen and oxygen atoms in total. The molecule has 0 aromatic heterocycles. The molecule has 1 fully saturated rings. The first-order valence-corrected chi connectivity index (χ1v) is 7.95. The minimum Gasteiger partial charge on any atom is -0.296 e. The van der Waals surface area contributed by atoms with Crippen LogP contribution in [0.1, 0.15) is 17.9 Å². The Morgan fingerprint density at radius 1 is 1.05 bits per heavy atom. The molecule has 2 aromatic rings. The van der Waals surface area contributed by atoms with Crippen LogP contribution in [0.15, 0.2) is 42.5 Å².